The van der Waals surface area contributed by atoms with E-state index in [1.807, 2.05) is 61.5 Å². The second kappa shape index (κ2) is 14.8. The predicted molar refractivity (Wildman–Crippen MR) is 187 cm³/mol. The lowest BCUT2D eigenvalue weighted by molar-refractivity contribution is -0.145. The number of alkyl halides is 1. The van der Waals surface area contributed by atoms with Crippen LogP contribution in [0.1, 0.15) is 44.7 Å². The van der Waals surface area contributed by atoms with E-state index < -0.39 is 28.7 Å². The molecule has 0 saturated carbocycles. The Morgan fingerprint density at radius 3 is 2.41 bits per heavy atom. The third kappa shape index (κ3) is 6.04. The molecule has 0 aromatic heterocycles. The lowest BCUT2D eigenvalue weighted by atomic mass is 9.70. The molecule has 10 heteroatoms. The van der Waals surface area contributed by atoms with Crippen molar-refractivity contribution in [3.05, 3.63) is 85.5 Å². The minimum absolute atomic E-state index is 0.0792. The second-order valence-corrected chi connectivity index (χ2v) is 14.8. The molecular weight excluding hydrogens is 666 g/mol. The van der Waals surface area contributed by atoms with Crippen molar-refractivity contribution in [1.29, 1.82) is 0 Å². The van der Waals surface area contributed by atoms with Crippen LogP contribution in [-0.4, -0.2) is 86.3 Å². The van der Waals surface area contributed by atoms with Crippen LogP contribution in [0.5, 0.6) is 5.75 Å². The molecule has 3 unspecified atom stereocenters. The van der Waals surface area contributed by atoms with E-state index in [1.54, 1.807) is 38.6 Å². The van der Waals surface area contributed by atoms with Crippen molar-refractivity contribution >= 4 is 51.1 Å². The van der Waals surface area contributed by atoms with Crippen molar-refractivity contribution in [1.82, 2.24) is 9.80 Å². The van der Waals surface area contributed by atoms with Gasteiger partial charge in [-0.1, -0.05) is 71.8 Å². The number of thioether (sulfide) groups is 1. The largest absolute Gasteiger partial charge is 0.494 e. The van der Waals surface area contributed by atoms with Gasteiger partial charge in [-0.3, -0.25) is 14.4 Å². The van der Waals surface area contributed by atoms with Crippen molar-refractivity contribution in [2.24, 2.45) is 11.8 Å². The van der Waals surface area contributed by atoms with E-state index in [0.717, 1.165) is 18.4 Å². The molecule has 3 aliphatic rings. The number of benzene rings is 2. The molecule has 1 spiro atoms. The molecule has 1 N–H and O–H groups in total. The number of carbonyl (C=O) groups excluding carboxylic acids is 3. The van der Waals surface area contributed by atoms with Crippen LogP contribution in [0, 0.1) is 11.8 Å². The standard InChI is InChI=1S/C36H44BrN3O5S/c1-5-9-21-38(19-6-2)35(44)32-36-22-27(37)31(46-36)29(30(36)34(43)40(32)28(23-41)24-13-11-10-12-14-24)33(42)39(20-7-3)25-15-17-26(18-16-25)45-8-4/h6-7,10-18,27-32,41H,2-3,5,8-9,19-23H2,1,4H3/t27?,28-,29-,30+,31-,32?,36?/m1/s1. The number of amides is 3. The summed E-state index contributed by atoms with van der Waals surface area (Å²) in [5.41, 5.74) is 1.43. The molecule has 3 aliphatic heterocycles. The van der Waals surface area contributed by atoms with Gasteiger partial charge in [-0.05, 0) is 49.6 Å². The molecule has 0 aliphatic carbocycles. The molecular formula is C36H44BrN3O5S. The molecule has 0 radical (unpaired) electrons. The highest BCUT2D eigenvalue weighted by atomic mass is 79.9. The number of halogens is 1. The van der Waals surface area contributed by atoms with E-state index >= 15 is 0 Å². The number of hydrogen-bond acceptors (Lipinski definition) is 6. The molecule has 3 fully saturated rings. The van der Waals surface area contributed by atoms with Crippen molar-refractivity contribution in [3.8, 4) is 5.75 Å². The topological polar surface area (TPSA) is 90.4 Å². The van der Waals surface area contributed by atoms with Gasteiger partial charge < -0.3 is 24.5 Å². The molecule has 46 heavy (non-hydrogen) atoms. The molecule has 7 atom stereocenters. The summed E-state index contributed by atoms with van der Waals surface area (Å²) in [7, 11) is 0. The molecule has 5 rings (SSSR count). The molecule has 3 saturated heterocycles. The Balaban J connectivity index is 1.60. The summed E-state index contributed by atoms with van der Waals surface area (Å²) in [5, 5.41) is 10.6. The van der Waals surface area contributed by atoms with Gasteiger partial charge in [0, 0.05) is 35.4 Å². The number of aliphatic hydroxyl groups is 1. The predicted octanol–water partition coefficient (Wildman–Crippen LogP) is 5.62. The van der Waals surface area contributed by atoms with Crippen LogP contribution < -0.4 is 9.64 Å². The zero-order valence-electron chi connectivity index (χ0n) is 26.6. The van der Waals surface area contributed by atoms with Gasteiger partial charge in [0.1, 0.15) is 11.8 Å². The van der Waals surface area contributed by atoms with Crippen LogP contribution >= 0.6 is 27.7 Å². The third-order valence-electron chi connectivity index (χ3n) is 9.42. The van der Waals surface area contributed by atoms with E-state index in [4.69, 9.17) is 4.74 Å². The summed E-state index contributed by atoms with van der Waals surface area (Å²) >= 11 is 5.49. The van der Waals surface area contributed by atoms with Crippen LogP contribution in [0.3, 0.4) is 0 Å². The molecule has 2 aromatic carbocycles. The Morgan fingerprint density at radius 2 is 1.80 bits per heavy atom. The number of ether oxygens (including phenoxy) is 1. The fourth-order valence-electron chi connectivity index (χ4n) is 7.48. The SMILES string of the molecule is C=CCN(CCCC)C(=O)C1N([C@H](CO)c2ccccc2)C(=O)[C@@H]2[C@@H](C(=O)N(CC=C)c3ccc(OCC)cc3)[C@@H]3SC12CC3Br. The monoisotopic (exact) mass is 709 g/mol. The average Bonchev–Trinajstić information content (AvgIpc) is 3.66. The maximum Gasteiger partial charge on any atom is 0.247 e. The molecule has 3 amide bonds. The van der Waals surface area contributed by atoms with Gasteiger partial charge in [-0.15, -0.1) is 24.9 Å². The summed E-state index contributed by atoms with van der Waals surface area (Å²) in [6, 6.07) is 15.1. The van der Waals surface area contributed by atoms with Crippen LogP contribution in [0.15, 0.2) is 79.9 Å². The summed E-state index contributed by atoms with van der Waals surface area (Å²) < 4.78 is 4.77. The van der Waals surface area contributed by atoms with Crippen molar-refractivity contribution < 1.29 is 24.2 Å². The van der Waals surface area contributed by atoms with Gasteiger partial charge in [0.05, 0.1) is 35.8 Å². The summed E-state index contributed by atoms with van der Waals surface area (Å²) in [6.07, 6.45) is 5.68. The van der Waals surface area contributed by atoms with Gasteiger partial charge >= 0.3 is 0 Å². The fraction of sp³-hybridized carbons (Fsp3) is 0.472. The number of hydrogen-bond donors (Lipinski definition) is 1. The van der Waals surface area contributed by atoms with Crippen LogP contribution in [0.4, 0.5) is 5.69 Å². The summed E-state index contributed by atoms with van der Waals surface area (Å²) in [6.45, 7) is 13.1. The van der Waals surface area contributed by atoms with Gasteiger partial charge in [0.15, 0.2) is 0 Å². The lowest BCUT2D eigenvalue weighted by Gasteiger charge is -2.40. The number of likely N-dealkylation sites (tertiary alicyclic amines) is 1. The van der Waals surface area contributed by atoms with Gasteiger partial charge in [0.25, 0.3) is 0 Å². The first-order chi connectivity index (χ1) is 22.3. The van der Waals surface area contributed by atoms with Crippen molar-refractivity contribution in [2.75, 3.05) is 37.7 Å². The van der Waals surface area contributed by atoms with Gasteiger partial charge in [-0.2, -0.15) is 0 Å². The Hall–Kier alpha value is -3.08. The minimum atomic E-state index is -0.856. The van der Waals surface area contributed by atoms with Crippen molar-refractivity contribution in [2.45, 2.75) is 60.0 Å². The van der Waals surface area contributed by atoms with Gasteiger partial charge in [0.2, 0.25) is 17.7 Å². The number of rotatable bonds is 15. The van der Waals surface area contributed by atoms with Crippen LogP contribution in [0.25, 0.3) is 0 Å². The normalized spacial score (nSPS) is 26.8. The maximum atomic E-state index is 14.9. The first kappa shape index (κ1) is 34.3. The smallest absolute Gasteiger partial charge is 0.247 e. The molecule has 246 valence electrons. The number of fused-ring (bicyclic) bond motifs is 1. The van der Waals surface area contributed by atoms with Gasteiger partial charge in [-0.25, -0.2) is 0 Å². The number of carbonyl (C=O) groups is 3. The first-order valence-corrected chi connectivity index (χ1v) is 17.9. The molecule has 8 nitrogen and oxygen atoms in total. The highest BCUT2D eigenvalue weighted by Gasteiger charge is 2.76. The van der Waals surface area contributed by atoms with Crippen LogP contribution in [0.2, 0.25) is 0 Å². The third-order valence-corrected chi connectivity index (χ3v) is 12.6. The van der Waals surface area contributed by atoms with E-state index in [9.17, 15) is 19.5 Å². The van der Waals surface area contributed by atoms with E-state index in [-0.39, 0.29) is 41.0 Å². The number of unbranched alkanes of at least 4 members (excludes halogenated alkanes) is 1. The van der Waals surface area contributed by atoms with Crippen LogP contribution in [-0.2, 0) is 14.4 Å². The quantitative estimate of drug-likeness (QED) is 0.191. The average molecular weight is 711 g/mol. The second-order valence-electron chi connectivity index (χ2n) is 12.1. The fourth-order valence-corrected chi connectivity index (χ4v) is 11.1. The van der Waals surface area contributed by atoms with Crippen molar-refractivity contribution in [3.63, 3.8) is 0 Å². The lowest BCUT2D eigenvalue weighted by Crippen LogP contribution is -2.56. The zero-order chi connectivity index (χ0) is 33.0. The summed E-state index contributed by atoms with van der Waals surface area (Å²) in [4.78, 5) is 49.4. The number of anilines is 1. The zero-order valence-corrected chi connectivity index (χ0v) is 29.0. The maximum absolute atomic E-state index is 14.9. The highest BCUT2D eigenvalue weighted by molar-refractivity contribution is 9.09. The highest BCUT2D eigenvalue weighted by Crippen LogP contribution is 2.69. The molecule has 2 aromatic rings. The Labute approximate surface area is 285 Å². The minimum Gasteiger partial charge on any atom is -0.494 e. The Bertz CT molecular complexity index is 1420. The molecule has 3 heterocycles. The Kier molecular flexibility index (Phi) is 11.0. The van der Waals surface area contributed by atoms with E-state index in [0.29, 0.717) is 37.6 Å². The number of aliphatic hydroxyl groups excluding tert-OH is 1. The van der Waals surface area contributed by atoms with E-state index in [2.05, 4.69) is 36.0 Å². The number of nitrogens with zero attached hydrogens (tertiary/aromatic N) is 3. The first-order valence-electron chi connectivity index (χ1n) is 16.1. The molecule has 2 bridgehead atoms. The summed E-state index contributed by atoms with van der Waals surface area (Å²) in [5.74, 6) is -1.29. The Morgan fingerprint density at radius 1 is 1.11 bits per heavy atom. The van der Waals surface area contributed by atoms with E-state index in [1.165, 1.54) is 0 Å².